The highest BCUT2D eigenvalue weighted by atomic mass is 32.2. The molecule has 0 fully saturated rings. The summed E-state index contributed by atoms with van der Waals surface area (Å²) in [5.41, 5.74) is 4.03. The Labute approximate surface area is 158 Å². The standard InChI is InChI=1S/C17H15NO6S2/c1-11-15(19)9-8-12-4-2-7-16(17(11)12)26-23-21-18-13-5-3-6-14(10-13)25-24-22-20/h2-10,18-20H,1H3. The molecule has 0 aliphatic carbocycles. The van der Waals surface area contributed by atoms with Gasteiger partial charge in [0.1, 0.15) is 5.75 Å². The van der Waals surface area contributed by atoms with Gasteiger partial charge >= 0.3 is 0 Å². The van der Waals surface area contributed by atoms with Crippen LogP contribution < -0.4 is 5.48 Å². The smallest absolute Gasteiger partial charge is 0.119 e. The number of rotatable bonds is 8. The maximum Gasteiger partial charge on any atom is 0.119 e. The van der Waals surface area contributed by atoms with E-state index >= 15 is 0 Å². The Morgan fingerprint density at radius 2 is 1.81 bits per heavy atom. The Bertz CT molecular complexity index is 892. The van der Waals surface area contributed by atoms with Crippen molar-refractivity contribution in [1.82, 2.24) is 0 Å². The summed E-state index contributed by atoms with van der Waals surface area (Å²) >= 11 is 1.87. The average Bonchev–Trinajstić information content (AvgIpc) is 2.67. The zero-order chi connectivity index (χ0) is 18.4. The molecule has 0 amide bonds. The van der Waals surface area contributed by atoms with Crippen molar-refractivity contribution < 1.29 is 29.1 Å². The molecule has 0 atom stereocenters. The van der Waals surface area contributed by atoms with Gasteiger partial charge in [0.05, 0.1) is 29.8 Å². The van der Waals surface area contributed by atoms with Crippen molar-refractivity contribution in [1.29, 1.82) is 0 Å². The third kappa shape index (κ3) is 4.59. The molecule has 26 heavy (non-hydrogen) atoms. The van der Waals surface area contributed by atoms with Crippen molar-refractivity contribution in [3.8, 4) is 5.75 Å². The number of benzene rings is 3. The molecule has 0 bridgehead atoms. The van der Waals surface area contributed by atoms with Gasteiger partial charge in [0.2, 0.25) is 0 Å². The molecule has 0 radical (unpaired) electrons. The van der Waals surface area contributed by atoms with E-state index in [1.54, 1.807) is 30.3 Å². The number of anilines is 1. The highest BCUT2D eigenvalue weighted by Crippen LogP contribution is 2.34. The second-order valence-electron chi connectivity index (χ2n) is 5.15. The van der Waals surface area contributed by atoms with E-state index < -0.39 is 0 Å². The normalized spacial score (nSPS) is 11.0. The highest BCUT2D eigenvalue weighted by molar-refractivity contribution is 7.95. The van der Waals surface area contributed by atoms with Gasteiger partial charge in [-0.2, -0.15) is 0 Å². The first-order valence-corrected chi connectivity index (χ1v) is 8.89. The fourth-order valence-corrected chi connectivity index (χ4v) is 3.41. The molecule has 0 saturated carbocycles. The molecule has 0 unspecified atom stereocenters. The fourth-order valence-electron chi connectivity index (χ4n) is 2.36. The first kappa shape index (κ1) is 18.8. The number of hydrogen-bond donors (Lipinski definition) is 3. The maximum atomic E-state index is 9.92. The van der Waals surface area contributed by atoms with E-state index in [1.165, 1.54) is 0 Å². The van der Waals surface area contributed by atoms with Crippen molar-refractivity contribution in [2.45, 2.75) is 16.7 Å². The molecule has 3 rings (SSSR count). The summed E-state index contributed by atoms with van der Waals surface area (Å²) in [6, 6.07) is 16.3. The molecule has 3 aromatic rings. The molecular weight excluding hydrogens is 378 g/mol. The summed E-state index contributed by atoms with van der Waals surface area (Å²) in [5.74, 6) is 0.230. The first-order valence-electron chi connectivity index (χ1n) is 7.41. The van der Waals surface area contributed by atoms with Gasteiger partial charge in [0.15, 0.2) is 0 Å². The predicted molar refractivity (Wildman–Crippen MR) is 99.1 cm³/mol. The second-order valence-corrected chi connectivity index (χ2v) is 6.67. The molecule has 0 saturated heterocycles. The zero-order valence-corrected chi connectivity index (χ0v) is 15.2. The summed E-state index contributed by atoms with van der Waals surface area (Å²) < 4.78 is 9.54. The molecule has 3 N–H and O–H groups in total. The highest BCUT2D eigenvalue weighted by Gasteiger charge is 2.09. The molecule has 0 aliphatic rings. The monoisotopic (exact) mass is 393 g/mol. The summed E-state index contributed by atoms with van der Waals surface area (Å²) in [5, 5.41) is 23.5. The van der Waals surface area contributed by atoms with Crippen molar-refractivity contribution in [2.24, 2.45) is 0 Å². The Balaban J connectivity index is 1.61. The zero-order valence-electron chi connectivity index (χ0n) is 13.5. The molecule has 0 heterocycles. The van der Waals surface area contributed by atoms with E-state index in [4.69, 9.17) is 14.6 Å². The van der Waals surface area contributed by atoms with E-state index in [-0.39, 0.29) is 5.75 Å². The Morgan fingerprint density at radius 3 is 2.65 bits per heavy atom. The maximum absolute atomic E-state index is 9.92. The van der Waals surface area contributed by atoms with E-state index in [0.29, 0.717) is 10.6 Å². The molecule has 7 nitrogen and oxygen atoms in total. The van der Waals surface area contributed by atoms with Crippen LogP contribution in [0.2, 0.25) is 0 Å². The van der Waals surface area contributed by atoms with Crippen LogP contribution in [-0.4, -0.2) is 10.4 Å². The molecule has 0 spiro atoms. The summed E-state index contributed by atoms with van der Waals surface area (Å²) in [6.07, 6.45) is 0. The van der Waals surface area contributed by atoms with E-state index in [1.807, 2.05) is 31.2 Å². The van der Waals surface area contributed by atoms with Crippen LogP contribution in [0.15, 0.2) is 64.4 Å². The van der Waals surface area contributed by atoms with Gasteiger partial charge < -0.3 is 5.11 Å². The fraction of sp³-hybridized carbons (Fsp3) is 0.0588. The lowest BCUT2D eigenvalue weighted by atomic mass is 10.0. The third-order valence-corrected chi connectivity index (χ3v) is 4.78. The molecule has 0 aromatic heterocycles. The molecule has 136 valence electrons. The second kappa shape index (κ2) is 9.10. The number of aromatic hydroxyl groups is 1. The van der Waals surface area contributed by atoms with Crippen LogP contribution in [0.5, 0.6) is 5.75 Å². The molecule has 9 heteroatoms. The number of phenolic OH excluding ortho intramolecular Hbond substituents is 1. The lowest BCUT2D eigenvalue weighted by Gasteiger charge is -2.10. The molecular formula is C17H15NO6S2. The molecule has 3 aromatic carbocycles. The topological polar surface area (TPSA) is 89.4 Å². The minimum Gasteiger partial charge on any atom is -0.508 e. The number of hydrogen-bond acceptors (Lipinski definition) is 9. The summed E-state index contributed by atoms with van der Waals surface area (Å²) in [7, 11) is 0. The first-order chi connectivity index (χ1) is 12.7. The SMILES string of the molecule is Cc1c(O)ccc2cccc(SOONc3cccc(SOOO)c3)c12. The van der Waals surface area contributed by atoms with Gasteiger partial charge in [-0.1, -0.05) is 29.3 Å². The van der Waals surface area contributed by atoms with Crippen LogP contribution in [-0.2, 0) is 18.7 Å². The number of nitrogens with one attached hydrogen (secondary N) is 1. The Hall–Kier alpha value is -1.98. The lowest BCUT2D eigenvalue weighted by Crippen LogP contribution is -1.98. The molecule has 0 aliphatic heterocycles. The van der Waals surface area contributed by atoms with E-state index in [0.717, 1.165) is 45.3 Å². The van der Waals surface area contributed by atoms with Gasteiger partial charge in [-0.25, -0.2) is 10.7 Å². The third-order valence-electron chi connectivity index (χ3n) is 3.55. The summed E-state index contributed by atoms with van der Waals surface area (Å²) in [4.78, 5) is 6.52. The predicted octanol–water partition coefficient (Wildman–Crippen LogP) is 5.26. The van der Waals surface area contributed by atoms with Crippen molar-refractivity contribution in [3.05, 3.63) is 60.2 Å². The van der Waals surface area contributed by atoms with Gasteiger partial charge in [-0.15, -0.1) is 13.7 Å². The van der Waals surface area contributed by atoms with Gasteiger partial charge in [-0.3, -0.25) is 0 Å². The van der Waals surface area contributed by atoms with Crippen LogP contribution >= 0.6 is 24.1 Å². The summed E-state index contributed by atoms with van der Waals surface area (Å²) in [6.45, 7) is 1.85. The number of phenols is 1. The lowest BCUT2D eigenvalue weighted by molar-refractivity contribution is -0.432. The van der Waals surface area contributed by atoms with Crippen LogP contribution in [0.3, 0.4) is 0 Å². The quantitative estimate of drug-likeness (QED) is 0.205. The van der Waals surface area contributed by atoms with Crippen LogP contribution in [0.1, 0.15) is 5.56 Å². The Morgan fingerprint density at radius 1 is 0.962 bits per heavy atom. The van der Waals surface area contributed by atoms with E-state index in [9.17, 15) is 5.11 Å². The van der Waals surface area contributed by atoms with Crippen LogP contribution in [0.25, 0.3) is 10.8 Å². The van der Waals surface area contributed by atoms with Crippen LogP contribution in [0.4, 0.5) is 5.69 Å². The number of fused-ring (bicyclic) bond motifs is 1. The minimum atomic E-state index is 0.230. The van der Waals surface area contributed by atoms with Gasteiger partial charge in [0, 0.05) is 15.2 Å². The van der Waals surface area contributed by atoms with Crippen molar-refractivity contribution in [2.75, 3.05) is 5.48 Å². The van der Waals surface area contributed by atoms with Crippen molar-refractivity contribution >= 4 is 40.5 Å². The van der Waals surface area contributed by atoms with E-state index in [2.05, 4.69) is 14.9 Å². The minimum absolute atomic E-state index is 0.230. The van der Waals surface area contributed by atoms with Gasteiger partial charge in [0.25, 0.3) is 0 Å². The van der Waals surface area contributed by atoms with Crippen molar-refractivity contribution in [3.63, 3.8) is 0 Å². The Kier molecular flexibility index (Phi) is 6.58. The average molecular weight is 393 g/mol. The number of aryl methyl sites for hydroxylation is 1. The van der Waals surface area contributed by atoms with Gasteiger partial charge in [-0.05, 0) is 48.2 Å². The van der Waals surface area contributed by atoms with Crippen LogP contribution in [0, 0.1) is 6.92 Å². The largest absolute Gasteiger partial charge is 0.508 e.